The molecule has 27 heavy (non-hydrogen) atoms. The molecule has 0 spiro atoms. The van der Waals surface area contributed by atoms with Gasteiger partial charge in [0.05, 0.1) is 0 Å². The number of rotatable bonds is 2. The zero-order valence-electron chi connectivity index (χ0n) is 14.0. The normalized spacial score (nSPS) is 15.1. The third-order valence-electron chi connectivity index (χ3n) is 3.70. The Morgan fingerprint density at radius 3 is 2.74 bits per heavy atom. The number of halogens is 2. The molecular weight excluding hydrogens is 436 g/mol. The lowest BCUT2D eigenvalue weighted by Gasteiger charge is -2.16. The number of urea groups is 1. The highest BCUT2D eigenvalue weighted by atomic mass is 79.9. The van der Waals surface area contributed by atoms with Crippen molar-refractivity contribution in [1.82, 2.24) is 10.2 Å². The first kappa shape index (κ1) is 18.9. The van der Waals surface area contributed by atoms with Crippen LogP contribution in [0.4, 0.5) is 10.5 Å². The highest BCUT2D eigenvalue weighted by Gasteiger charge is 2.28. The number of aromatic hydroxyl groups is 1. The van der Waals surface area contributed by atoms with Crippen LogP contribution < -0.4 is 10.6 Å². The Morgan fingerprint density at radius 1 is 1.26 bits per heavy atom. The Kier molecular flexibility index (Phi) is 5.48. The van der Waals surface area contributed by atoms with Crippen LogP contribution in [0.15, 0.2) is 57.6 Å². The van der Waals surface area contributed by atoms with E-state index in [9.17, 15) is 14.7 Å². The maximum Gasteiger partial charge on any atom is 0.326 e. The number of hydrogen-bond acceptors (Lipinski definition) is 4. The van der Waals surface area contributed by atoms with Gasteiger partial charge in [0.1, 0.15) is 11.4 Å². The average Bonchev–Trinajstić information content (AvgIpc) is 2.84. The predicted octanol–water partition coefficient (Wildman–Crippen LogP) is 3.80. The number of carbonyl (C=O) groups is 2. The van der Waals surface area contributed by atoms with E-state index in [2.05, 4.69) is 31.6 Å². The molecule has 2 aromatic carbocycles. The van der Waals surface area contributed by atoms with Crippen LogP contribution in [0.25, 0.3) is 6.08 Å². The number of guanidine groups is 1. The quantitative estimate of drug-likeness (QED) is 0.608. The minimum Gasteiger partial charge on any atom is -0.507 e. The van der Waals surface area contributed by atoms with Gasteiger partial charge in [0.2, 0.25) is 5.96 Å². The van der Waals surface area contributed by atoms with E-state index in [1.54, 1.807) is 43.4 Å². The minimum atomic E-state index is -0.566. The van der Waals surface area contributed by atoms with Crippen molar-refractivity contribution < 1.29 is 14.7 Å². The molecule has 3 rings (SSSR count). The van der Waals surface area contributed by atoms with Gasteiger partial charge >= 0.3 is 6.03 Å². The molecule has 138 valence electrons. The Labute approximate surface area is 168 Å². The topological polar surface area (TPSA) is 94.0 Å². The largest absolute Gasteiger partial charge is 0.507 e. The van der Waals surface area contributed by atoms with Crippen LogP contribution in [0, 0.1) is 0 Å². The molecule has 7 nitrogen and oxygen atoms in total. The van der Waals surface area contributed by atoms with Crippen molar-refractivity contribution >= 4 is 57.2 Å². The van der Waals surface area contributed by atoms with Crippen molar-refractivity contribution in [3.05, 3.63) is 63.2 Å². The predicted molar refractivity (Wildman–Crippen MR) is 108 cm³/mol. The second-order valence-electron chi connectivity index (χ2n) is 5.62. The molecule has 0 atom stereocenters. The SMILES string of the molecule is CN1C(NC(=O)Nc2cccc(Cl)c2)=NC(=O)/C1=C/c1ccc(Br)cc1O. The van der Waals surface area contributed by atoms with Gasteiger partial charge in [-0.15, -0.1) is 0 Å². The van der Waals surface area contributed by atoms with Gasteiger partial charge in [0.25, 0.3) is 5.91 Å². The maximum atomic E-state index is 12.2. The summed E-state index contributed by atoms with van der Waals surface area (Å²) in [6.45, 7) is 0. The van der Waals surface area contributed by atoms with E-state index in [1.165, 1.54) is 17.0 Å². The standard InChI is InChI=1S/C18H14BrClN4O3/c1-24-14(7-10-5-6-11(19)8-15(10)25)16(26)22-17(24)23-18(27)21-13-4-2-3-12(20)9-13/h2-9,25H,1H3,(H2,21,22,23,26,27)/b14-7-. The van der Waals surface area contributed by atoms with Crippen molar-refractivity contribution in [2.75, 3.05) is 12.4 Å². The number of likely N-dealkylation sites (N-methyl/N-ethyl adjacent to an activating group) is 1. The summed E-state index contributed by atoms with van der Waals surface area (Å²) >= 11 is 9.14. The van der Waals surface area contributed by atoms with E-state index in [-0.39, 0.29) is 17.4 Å². The molecular formula is C18H14BrClN4O3. The molecule has 1 aliphatic rings. The van der Waals surface area contributed by atoms with Crippen LogP contribution in [0.2, 0.25) is 5.02 Å². The van der Waals surface area contributed by atoms with Gasteiger partial charge in [-0.1, -0.05) is 39.7 Å². The zero-order valence-corrected chi connectivity index (χ0v) is 16.4. The second-order valence-corrected chi connectivity index (χ2v) is 6.97. The highest BCUT2D eigenvalue weighted by molar-refractivity contribution is 9.10. The third kappa shape index (κ3) is 4.47. The van der Waals surface area contributed by atoms with E-state index in [1.807, 2.05) is 0 Å². The number of nitrogens with one attached hydrogen (secondary N) is 2. The smallest absolute Gasteiger partial charge is 0.326 e. The minimum absolute atomic E-state index is 0.0122. The van der Waals surface area contributed by atoms with Crippen LogP contribution in [0.3, 0.4) is 0 Å². The van der Waals surface area contributed by atoms with Crippen molar-refractivity contribution in [1.29, 1.82) is 0 Å². The summed E-state index contributed by atoms with van der Waals surface area (Å²) in [5.74, 6) is -0.446. The number of hydrogen-bond donors (Lipinski definition) is 3. The maximum absolute atomic E-state index is 12.2. The fourth-order valence-electron chi connectivity index (χ4n) is 2.37. The molecule has 0 unspecified atom stereocenters. The number of phenolic OH excluding ortho intramolecular Hbond substituents is 1. The molecule has 3 amide bonds. The van der Waals surface area contributed by atoms with E-state index in [0.717, 1.165) is 0 Å². The fraction of sp³-hybridized carbons (Fsp3) is 0.0556. The van der Waals surface area contributed by atoms with Gasteiger partial charge in [-0.2, -0.15) is 4.99 Å². The molecule has 2 aromatic rings. The summed E-state index contributed by atoms with van der Waals surface area (Å²) in [6, 6.07) is 11.0. The molecule has 1 aliphatic heterocycles. The van der Waals surface area contributed by atoms with Gasteiger partial charge < -0.3 is 15.3 Å². The van der Waals surface area contributed by atoms with E-state index < -0.39 is 11.9 Å². The summed E-state index contributed by atoms with van der Waals surface area (Å²) in [6.07, 6.45) is 1.50. The Morgan fingerprint density at radius 2 is 2.04 bits per heavy atom. The van der Waals surface area contributed by atoms with Gasteiger partial charge in [0.15, 0.2) is 0 Å². The summed E-state index contributed by atoms with van der Waals surface area (Å²) < 4.78 is 0.713. The lowest BCUT2D eigenvalue weighted by Crippen LogP contribution is -2.41. The van der Waals surface area contributed by atoms with E-state index in [4.69, 9.17) is 11.6 Å². The number of amides is 3. The molecule has 9 heteroatoms. The number of benzene rings is 2. The summed E-state index contributed by atoms with van der Waals surface area (Å²) in [5.41, 5.74) is 1.17. The summed E-state index contributed by atoms with van der Waals surface area (Å²) in [4.78, 5) is 29.6. The molecule has 0 radical (unpaired) electrons. The van der Waals surface area contributed by atoms with Gasteiger partial charge in [-0.25, -0.2) is 4.79 Å². The highest BCUT2D eigenvalue weighted by Crippen LogP contribution is 2.26. The molecule has 3 N–H and O–H groups in total. The van der Waals surface area contributed by atoms with E-state index >= 15 is 0 Å². The van der Waals surface area contributed by atoms with Crippen molar-refractivity contribution in [2.45, 2.75) is 0 Å². The number of anilines is 1. The third-order valence-corrected chi connectivity index (χ3v) is 4.43. The monoisotopic (exact) mass is 448 g/mol. The number of carbonyl (C=O) groups excluding carboxylic acids is 2. The number of aliphatic imine (C=N–C) groups is 1. The Hall–Kier alpha value is -2.84. The van der Waals surface area contributed by atoms with Crippen molar-refractivity contribution in [2.24, 2.45) is 4.99 Å². The number of nitrogens with zero attached hydrogens (tertiary/aromatic N) is 2. The van der Waals surface area contributed by atoms with Crippen LogP contribution >= 0.6 is 27.5 Å². The van der Waals surface area contributed by atoms with Crippen LogP contribution in [-0.2, 0) is 4.79 Å². The average molecular weight is 450 g/mol. The molecule has 0 aliphatic carbocycles. The first-order valence-corrected chi connectivity index (χ1v) is 8.91. The Balaban J connectivity index is 1.73. The van der Waals surface area contributed by atoms with Crippen LogP contribution in [0.1, 0.15) is 5.56 Å². The van der Waals surface area contributed by atoms with Crippen molar-refractivity contribution in [3.8, 4) is 5.75 Å². The van der Waals surface area contributed by atoms with Gasteiger partial charge in [-0.3, -0.25) is 10.1 Å². The molecule has 1 heterocycles. The van der Waals surface area contributed by atoms with Crippen LogP contribution in [-0.4, -0.2) is 35.0 Å². The number of phenols is 1. The molecule has 0 bridgehead atoms. The first-order chi connectivity index (χ1) is 12.8. The van der Waals surface area contributed by atoms with E-state index in [0.29, 0.717) is 20.7 Å². The van der Waals surface area contributed by atoms with Gasteiger partial charge in [-0.05, 0) is 36.4 Å². The van der Waals surface area contributed by atoms with Gasteiger partial charge in [0, 0.05) is 27.8 Å². The first-order valence-electron chi connectivity index (χ1n) is 7.74. The Bertz CT molecular complexity index is 990. The van der Waals surface area contributed by atoms with Crippen molar-refractivity contribution in [3.63, 3.8) is 0 Å². The lowest BCUT2D eigenvalue weighted by atomic mass is 10.1. The summed E-state index contributed by atoms with van der Waals surface area (Å²) in [7, 11) is 1.59. The molecule has 0 saturated carbocycles. The van der Waals surface area contributed by atoms with Crippen LogP contribution in [0.5, 0.6) is 5.75 Å². The zero-order chi connectivity index (χ0) is 19.6. The second kappa shape index (κ2) is 7.81. The summed E-state index contributed by atoms with van der Waals surface area (Å²) in [5, 5.41) is 15.6. The molecule has 0 saturated heterocycles. The molecule has 0 aromatic heterocycles. The fourth-order valence-corrected chi connectivity index (χ4v) is 2.91. The lowest BCUT2D eigenvalue weighted by molar-refractivity contribution is -0.114. The molecule has 0 fully saturated rings.